The first-order chi connectivity index (χ1) is 7.83. The molecule has 2 rings (SSSR count). The number of nitrogens with two attached hydrogens (primary N) is 1. The molecule has 0 aromatic heterocycles. The lowest BCUT2D eigenvalue weighted by atomic mass is 10.00. The lowest BCUT2D eigenvalue weighted by Gasteiger charge is -2.34. The minimum atomic E-state index is 0.338. The maximum atomic E-state index is 5.92. The molecule has 1 aromatic carbocycles. The van der Waals surface area contributed by atoms with Gasteiger partial charge in [0.15, 0.2) is 0 Å². The van der Waals surface area contributed by atoms with E-state index in [0.717, 1.165) is 26.3 Å². The van der Waals surface area contributed by atoms with E-state index in [9.17, 15) is 0 Å². The Morgan fingerprint density at radius 1 is 1.31 bits per heavy atom. The van der Waals surface area contributed by atoms with Crippen LogP contribution in [-0.2, 0) is 4.74 Å². The van der Waals surface area contributed by atoms with E-state index in [-0.39, 0.29) is 0 Å². The highest BCUT2D eigenvalue weighted by atomic mass is 16.5. The maximum absolute atomic E-state index is 5.92. The van der Waals surface area contributed by atoms with Crippen LogP contribution in [-0.4, -0.2) is 37.7 Å². The molecule has 1 aliphatic rings. The van der Waals surface area contributed by atoms with Crippen molar-refractivity contribution in [3.63, 3.8) is 0 Å². The van der Waals surface area contributed by atoms with E-state index in [1.165, 1.54) is 11.1 Å². The number of hydrogen-bond donors (Lipinski definition) is 1. The topological polar surface area (TPSA) is 38.5 Å². The van der Waals surface area contributed by atoms with Gasteiger partial charge in [0.05, 0.1) is 13.2 Å². The predicted octanol–water partition coefficient (Wildman–Crippen LogP) is 1.33. The smallest absolute Gasteiger partial charge is 0.0594 e. The van der Waals surface area contributed by atoms with E-state index < -0.39 is 0 Å². The van der Waals surface area contributed by atoms with E-state index in [1.807, 2.05) is 0 Å². The first-order valence-corrected chi connectivity index (χ1v) is 5.90. The van der Waals surface area contributed by atoms with Gasteiger partial charge in [0.2, 0.25) is 0 Å². The molecule has 0 spiro atoms. The van der Waals surface area contributed by atoms with E-state index in [0.29, 0.717) is 12.6 Å². The Morgan fingerprint density at radius 2 is 2.00 bits per heavy atom. The van der Waals surface area contributed by atoms with Crippen LogP contribution >= 0.6 is 0 Å². The summed E-state index contributed by atoms with van der Waals surface area (Å²) in [4.78, 5) is 2.42. The molecule has 1 aromatic rings. The molecule has 16 heavy (non-hydrogen) atoms. The van der Waals surface area contributed by atoms with Crippen molar-refractivity contribution in [1.29, 1.82) is 0 Å². The third-order valence-corrected chi connectivity index (χ3v) is 3.26. The van der Waals surface area contributed by atoms with Crippen LogP contribution < -0.4 is 5.73 Å². The summed E-state index contributed by atoms with van der Waals surface area (Å²) in [6, 6.07) is 8.84. The molecule has 1 atom stereocenters. The highest BCUT2D eigenvalue weighted by Gasteiger charge is 2.22. The van der Waals surface area contributed by atoms with Crippen molar-refractivity contribution in [3.05, 3.63) is 35.4 Å². The summed E-state index contributed by atoms with van der Waals surface area (Å²) in [6.07, 6.45) is 0. The van der Waals surface area contributed by atoms with Crippen LogP contribution in [0.5, 0.6) is 0 Å². The number of ether oxygens (including phenoxy) is 1. The van der Waals surface area contributed by atoms with Crippen LogP contribution in [0.15, 0.2) is 24.3 Å². The first kappa shape index (κ1) is 11.6. The van der Waals surface area contributed by atoms with Crippen LogP contribution in [0.1, 0.15) is 17.2 Å². The van der Waals surface area contributed by atoms with Gasteiger partial charge in [-0.1, -0.05) is 24.3 Å². The third-order valence-electron chi connectivity index (χ3n) is 3.26. The van der Waals surface area contributed by atoms with Gasteiger partial charge in [-0.2, -0.15) is 0 Å². The standard InChI is InChI=1S/C13H20N2O/c1-11-4-2-3-5-12(11)13(10-14)15-6-8-16-9-7-15/h2-5,13H,6-10,14H2,1H3/t13-/m0/s1. The summed E-state index contributed by atoms with van der Waals surface area (Å²) in [7, 11) is 0. The summed E-state index contributed by atoms with van der Waals surface area (Å²) in [5.74, 6) is 0. The van der Waals surface area contributed by atoms with Gasteiger partial charge in [0.25, 0.3) is 0 Å². The largest absolute Gasteiger partial charge is 0.379 e. The molecule has 3 heteroatoms. The number of hydrogen-bond acceptors (Lipinski definition) is 3. The molecule has 0 bridgehead atoms. The fourth-order valence-electron chi connectivity index (χ4n) is 2.32. The molecule has 88 valence electrons. The van der Waals surface area contributed by atoms with E-state index >= 15 is 0 Å². The molecular formula is C13H20N2O. The van der Waals surface area contributed by atoms with Crippen LogP contribution in [0.3, 0.4) is 0 Å². The highest BCUT2D eigenvalue weighted by Crippen LogP contribution is 2.23. The number of nitrogens with zero attached hydrogens (tertiary/aromatic N) is 1. The lowest BCUT2D eigenvalue weighted by molar-refractivity contribution is 0.0178. The van der Waals surface area contributed by atoms with Crippen molar-refractivity contribution in [2.45, 2.75) is 13.0 Å². The van der Waals surface area contributed by atoms with Crippen molar-refractivity contribution in [2.75, 3.05) is 32.8 Å². The van der Waals surface area contributed by atoms with Gasteiger partial charge in [-0.05, 0) is 18.1 Å². The summed E-state index contributed by atoms with van der Waals surface area (Å²) in [6.45, 7) is 6.43. The lowest BCUT2D eigenvalue weighted by Crippen LogP contribution is -2.42. The molecule has 0 saturated carbocycles. The molecule has 0 aliphatic carbocycles. The monoisotopic (exact) mass is 220 g/mol. The fraction of sp³-hybridized carbons (Fsp3) is 0.538. The van der Waals surface area contributed by atoms with Gasteiger partial charge in [0, 0.05) is 25.7 Å². The van der Waals surface area contributed by atoms with Gasteiger partial charge in [-0.25, -0.2) is 0 Å². The maximum Gasteiger partial charge on any atom is 0.0594 e. The minimum Gasteiger partial charge on any atom is -0.379 e. The van der Waals surface area contributed by atoms with Crippen molar-refractivity contribution >= 4 is 0 Å². The number of morpholine rings is 1. The molecule has 1 heterocycles. The Labute approximate surface area is 97.2 Å². The van der Waals surface area contributed by atoms with Gasteiger partial charge < -0.3 is 10.5 Å². The Morgan fingerprint density at radius 3 is 2.62 bits per heavy atom. The number of rotatable bonds is 3. The SMILES string of the molecule is Cc1ccccc1[C@H](CN)N1CCOCC1. The molecule has 1 fully saturated rings. The van der Waals surface area contributed by atoms with Crippen molar-refractivity contribution in [3.8, 4) is 0 Å². The second kappa shape index (κ2) is 5.43. The average molecular weight is 220 g/mol. The quantitative estimate of drug-likeness (QED) is 0.835. The molecule has 1 saturated heterocycles. The van der Waals surface area contributed by atoms with Crippen molar-refractivity contribution in [2.24, 2.45) is 5.73 Å². The predicted molar refractivity (Wildman–Crippen MR) is 65.4 cm³/mol. The Hall–Kier alpha value is -0.900. The molecule has 0 unspecified atom stereocenters. The minimum absolute atomic E-state index is 0.338. The fourth-order valence-corrected chi connectivity index (χ4v) is 2.32. The molecule has 2 N–H and O–H groups in total. The van der Waals surface area contributed by atoms with E-state index in [1.54, 1.807) is 0 Å². The second-order valence-corrected chi connectivity index (χ2v) is 4.26. The van der Waals surface area contributed by atoms with Gasteiger partial charge in [-0.3, -0.25) is 4.90 Å². The third kappa shape index (κ3) is 2.43. The summed E-state index contributed by atoms with van der Waals surface area (Å²) < 4.78 is 5.38. The highest BCUT2D eigenvalue weighted by molar-refractivity contribution is 5.29. The Balaban J connectivity index is 2.18. The van der Waals surface area contributed by atoms with Gasteiger partial charge in [-0.15, -0.1) is 0 Å². The van der Waals surface area contributed by atoms with Crippen LogP contribution in [0.4, 0.5) is 0 Å². The summed E-state index contributed by atoms with van der Waals surface area (Å²) in [5, 5.41) is 0. The number of benzene rings is 1. The summed E-state index contributed by atoms with van der Waals surface area (Å²) >= 11 is 0. The molecule has 0 amide bonds. The Bertz CT molecular complexity index is 334. The first-order valence-electron chi connectivity index (χ1n) is 5.90. The van der Waals surface area contributed by atoms with Crippen molar-refractivity contribution in [1.82, 2.24) is 4.90 Å². The summed E-state index contributed by atoms with van der Waals surface area (Å²) in [5.41, 5.74) is 8.60. The van der Waals surface area contributed by atoms with Crippen molar-refractivity contribution < 1.29 is 4.74 Å². The normalized spacial score (nSPS) is 19.6. The van der Waals surface area contributed by atoms with E-state index in [4.69, 9.17) is 10.5 Å². The Kier molecular flexibility index (Phi) is 3.93. The second-order valence-electron chi connectivity index (χ2n) is 4.26. The average Bonchev–Trinajstić information content (AvgIpc) is 2.34. The molecule has 0 radical (unpaired) electrons. The van der Waals surface area contributed by atoms with Crippen LogP contribution in [0.25, 0.3) is 0 Å². The zero-order valence-corrected chi connectivity index (χ0v) is 9.86. The number of aryl methyl sites for hydroxylation is 1. The molecular weight excluding hydrogens is 200 g/mol. The van der Waals surface area contributed by atoms with Gasteiger partial charge >= 0.3 is 0 Å². The van der Waals surface area contributed by atoms with Crippen LogP contribution in [0.2, 0.25) is 0 Å². The van der Waals surface area contributed by atoms with Crippen LogP contribution in [0, 0.1) is 6.92 Å². The zero-order valence-electron chi connectivity index (χ0n) is 9.86. The molecule has 1 aliphatic heterocycles. The van der Waals surface area contributed by atoms with Gasteiger partial charge in [0.1, 0.15) is 0 Å². The molecule has 3 nitrogen and oxygen atoms in total. The van der Waals surface area contributed by atoms with E-state index in [2.05, 4.69) is 36.1 Å². The zero-order chi connectivity index (χ0) is 11.4.